The molecule has 0 aliphatic heterocycles. The third kappa shape index (κ3) is 2.40. The van der Waals surface area contributed by atoms with Gasteiger partial charge in [0, 0.05) is 16.8 Å². The molecule has 0 atom stereocenters. The predicted octanol–water partition coefficient (Wildman–Crippen LogP) is 3.26. The maximum atomic E-state index is 10.7. The highest BCUT2D eigenvalue weighted by atomic mass is 32.1. The van der Waals surface area contributed by atoms with Crippen molar-refractivity contribution in [1.82, 2.24) is 4.98 Å². The lowest BCUT2D eigenvalue weighted by Gasteiger charge is -1.95. The molecule has 0 aromatic carbocycles. The zero-order chi connectivity index (χ0) is 11.5. The second-order valence-corrected chi connectivity index (χ2v) is 4.74. The van der Waals surface area contributed by atoms with Gasteiger partial charge in [0.15, 0.2) is 0 Å². The molecule has 0 aliphatic carbocycles. The Hall–Kier alpha value is -1.40. The number of hydrogen-bond acceptors (Lipinski definition) is 5. The molecular formula is C10H9NO3S2. The molecule has 16 heavy (non-hydrogen) atoms. The molecule has 0 saturated heterocycles. The maximum Gasteiger partial charge on any atom is 0.346 e. The molecule has 4 nitrogen and oxygen atoms in total. The van der Waals surface area contributed by atoms with Crippen molar-refractivity contribution >= 4 is 28.6 Å². The van der Waals surface area contributed by atoms with E-state index in [0.29, 0.717) is 10.9 Å². The first-order valence-electron chi connectivity index (χ1n) is 4.63. The maximum absolute atomic E-state index is 10.7. The summed E-state index contributed by atoms with van der Waals surface area (Å²) < 4.78 is 5.45. The molecule has 0 radical (unpaired) electrons. The van der Waals surface area contributed by atoms with Gasteiger partial charge in [-0.25, -0.2) is 9.78 Å². The van der Waals surface area contributed by atoms with Crippen molar-refractivity contribution in [2.24, 2.45) is 0 Å². The molecule has 0 unspecified atom stereocenters. The van der Waals surface area contributed by atoms with E-state index in [1.165, 1.54) is 17.4 Å². The van der Waals surface area contributed by atoms with Crippen LogP contribution in [-0.4, -0.2) is 16.1 Å². The van der Waals surface area contributed by atoms with E-state index >= 15 is 0 Å². The summed E-state index contributed by atoms with van der Waals surface area (Å²) in [6, 6.07) is 1.50. The zero-order valence-electron chi connectivity index (χ0n) is 8.47. The molecule has 2 rings (SSSR count). The van der Waals surface area contributed by atoms with Crippen LogP contribution < -0.4 is 4.74 Å². The Balaban J connectivity index is 2.11. The minimum atomic E-state index is -0.937. The Labute approximate surface area is 100 Å². The number of ether oxygens (including phenoxy) is 1. The van der Waals surface area contributed by atoms with E-state index in [4.69, 9.17) is 9.84 Å². The van der Waals surface area contributed by atoms with Crippen molar-refractivity contribution < 1.29 is 14.6 Å². The largest absolute Gasteiger partial charge is 0.477 e. The first-order chi connectivity index (χ1) is 7.69. The second-order valence-electron chi connectivity index (χ2n) is 3.01. The van der Waals surface area contributed by atoms with Gasteiger partial charge in [-0.1, -0.05) is 18.3 Å². The lowest BCUT2D eigenvalue weighted by molar-refractivity contribution is 0.0702. The summed E-state index contributed by atoms with van der Waals surface area (Å²) >= 11 is 2.55. The lowest BCUT2D eigenvalue weighted by atomic mass is 10.4. The highest BCUT2D eigenvalue weighted by Crippen LogP contribution is 2.29. The summed E-state index contributed by atoms with van der Waals surface area (Å²) in [5.74, 6) is -0.410. The molecule has 84 valence electrons. The monoisotopic (exact) mass is 255 g/mol. The van der Waals surface area contributed by atoms with Crippen LogP contribution in [0.4, 0.5) is 0 Å². The van der Waals surface area contributed by atoms with Gasteiger partial charge in [0.2, 0.25) is 0 Å². The fourth-order valence-corrected chi connectivity index (χ4v) is 2.50. The summed E-state index contributed by atoms with van der Waals surface area (Å²) in [4.78, 5) is 15.2. The standard InChI is InChI=1S/C10H9NO3S2/c1-2-6-4-16-10(11-6)14-7-3-8(9(12)13)15-5-7/h3-5H,2H2,1H3,(H,12,13). The van der Waals surface area contributed by atoms with E-state index < -0.39 is 5.97 Å². The first kappa shape index (κ1) is 11.1. The average molecular weight is 255 g/mol. The Bertz CT molecular complexity index is 504. The number of aromatic nitrogens is 1. The van der Waals surface area contributed by atoms with Gasteiger partial charge in [-0.3, -0.25) is 0 Å². The number of aryl methyl sites for hydroxylation is 1. The van der Waals surface area contributed by atoms with Crippen molar-refractivity contribution in [3.63, 3.8) is 0 Å². The summed E-state index contributed by atoms with van der Waals surface area (Å²) in [5, 5.41) is 12.9. The van der Waals surface area contributed by atoms with Gasteiger partial charge in [-0.15, -0.1) is 11.3 Å². The number of carboxylic acid groups (broad SMARTS) is 1. The van der Waals surface area contributed by atoms with E-state index in [9.17, 15) is 4.79 Å². The second kappa shape index (κ2) is 4.63. The van der Waals surface area contributed by atoms with Crippen LogP contribution in [0.2, 0.25) is 0 Å². The van der Waals surface area contributed by atoms with Gasteiger partial charge in [-0.2, -0.15) is 0 Å². The quantitative estimate of drug-likeness (QED) is 0.911. The fourth-order valence-electron chi connectivity index (χ4n) is 1.08. The SMILES string of the molecule is CCc1csc(Oc2csc(C(=O)O)c2)n1. The summed E-state index contributed by atoms with van der Waals surface area (Å²) in [5.41, 5.74) is 0.980. The lowest BCUT2D eigenvalue weighted by Crippen LogP contribution is -1.90. The molecule has 0 saturated carbocycles. The Morgan fingerprint density at radius 2 is 2.31 bits per heavy atom. The topological polar surface area (TPSA) is 59.4 Å². The molecule has 2 aromatic heterocycles. The highest BCUT2D eigenvalue weighted by molar-refractivity contribution is 7.12. The van der Waals surface area contributed by atoms with Crippen molar-refractivity contribution in [2.45, 2.75) is 13.3 Å². The minimum Gasteiger partial charge on any atom is -0.477 e. The van der Waals surface area contributed by atoms with E-state index in [0.717, 1.165) is 23.5 Å². The molecule has 6 heteroatoms. The van der Waals surface area contributed by atoms with Crippen molar-refractivity contribution in [3.05, 3.63) is 27.4 Å². The van der Waals surface area contributed by atoms with Gasteiger partial charge in [0.25, 0.3) is 5.19 Å². The highest BCUT2D eigenvalue weighted by Gasteiger charge is 2.09. The Morgan fingerprint density at radius 1 is 1.50 bits per heavy atom. The molecule has 2 aromatic rings. The molecule has 0 fully saturated rings. The van der Waals surface area contributed by atoms with Crippen LogP contribution in [-0.2, 0) is 6.42 Å². The van der Waals surface area contributed by atoms with Gasteiger partial charge in [-0.05, 0) is 6.42 Å². The smallest absolute Gasteiger partial charge is 0.346 e. The number of aromatic carboxylic acids is 1. The van der Waals surface area contributed by atoms with Crippen LogP contribution in [0, 0.1) is 0 Å². The summed E-state index contributed by atoms with van der Waals surface area (Å²) in [6.07, 6.45) is 0.865. The average Bonchev–Trinajstić information content (AvgIpc) is 2.87. The van der Waals surface area contributed by atoms with Crippen LogP contribution in [0.25, 0.3) is 0 Å². The van der Waals surface area contributed by atoms with E-state index in [1.54, 1.807) is 5.38 Å². The number of hydrogen-bond donors (Lipinski definition) is 1. The number of carboxylic acids is 1. The van der Waals surface area contributed by atoms with Crippen LogP contribution >= 0.6 is 22.7 Å². The van der Waals surface area contributed by atoms with Gasteiger partial charge in [0.1, 0.15) is 10.6 Å². The van der Waals surface area contributed by atoms with Gasteiger partial charge >= 0.3 is 5.97 Å². The summed E-state index contributed by atoms with van der Waals surface area (Å²) in [6.45, 7) is 2.02. The Morgan fingerprint density at radius 3 is 2.88 bits per heavy atom. The normalized spacial score (nSPS) is 10.3. The van der Waals surface area contributed by atoms with Crippen molar-refractivity contribution in [2.75, 3.05) is 0 Å². The van der Waals surface area contributed by atoms with Crippen LogP contribution in [0.5, 0.6) is 10.9 Å². The van der Waals surface area contributed by atoms with Gasteiger partial charge in [0.05, 0.1) is 5.69 Å². The molecule has 1 N–H and O–H groups in total. The number of nitrogens with zero attached hydrogens (tertiary/aromatic N) is 1. The third-order valence-corrected chi connectivity index (χ3v) is 3.55. The zero-order valence-corrected chi connectivity index (χ0v) is 10.1. The molecule has 0 aliphatic rings. The number of thiophene rings is 1. The number of thiazole rings is 1. The van der Waals surface area contributed by atoms with Crippen LogP contribution in [0.1, 0.15) is 22.3 Å². The fraction of sp³-hybridized carbons (Fsp3) is 0.200. The minimum absolute atomic E-state index is 0.266. The number of rotatable bonds is 4. The van der Waals surface area contributed by atoms with E-state index in [1.807, 2.05) is 12.3 Å². The third-order valence-electron chi connectivity index (χ3n) is 1.88. The predicted molar refractivity (Wildman–Crippen MR) is 62.8 cm³/mol. The molecule has 0 amide bonds. The number of carbonyl (C=O) groups is 1. The van der Waals surface area contributed by atoms with Gasteiger partial charge < -0.3 is 9.84 Å². The molecule has 0 bridgehead atoms. The summed E-state index contributed by atoms with van der Waals surface area (Å²) in [7, 11) is 0. The molecular weight excluding hydrogens is 246 g/mol. The Kier molecular flexibility index (Phi) is 3.21. The first-order valence-corrected chi connectivity index (χ1v) is 6.39. The van der Waals surface area contributed by atoms with Crippen LogP contribution in [0.15, 0.2) is 16.8 Å². The van der Waals surface area contributed by atoms with Crippen molar-refractivity contribution in [1.29, 1.82) is 0 Å². The van der Waals surface area contributed by atoms with Crippen molar-refractivity contribution in [3.8, 4) is 10.9 Å². The molecule has 2 heterocycles. The van der Waals surface area contributed by atoms with E-state index in [2.05, 4.69) is 4.98 Å². The van der Waals surface area contributed by atoms with E-state index in [-0.39, 0.29) is 4.88 Å². The molecule has 0 spiro atoms. The van der Waals surface area contributed by atoms with Crippen LogP contribution in [0.3, 0.4) is 0 Å².